The molecule has 0 aliphatic rings. The third-order valence-electron chi connectivity index (χ3n) is 4.23. The van der Waals surface area contributed by atoms with E-state index in [1.165, 1.54) is 19.3 Å². The third kappa shape index (κ3) is 4.71. The Labute approximate surface area is 135 Å². The van der Waals surface area contributed by atoms with Crippen LogP contribution in [0.15, 0.2) is 36.4 Å². The monoisotopic (exact) mass is 323 g/mol. The van der Waals surface area contributed by atoms with Gasteiger partial charge in [0.1, 0.15) is 6.04 Å². The lowest BCUT2D eigenvalue weighted by atomic mass is 9.94. The number of halogens is 3. The maximum atomic E-state index is 12.9. The highest BCUT2D eigenvalue weighted by Gasteiger charge is 2.38. The van der Waals surface area contributed by atoms with Gasteiger partial charge < -0.3 is 5.73 Å². The van der Waals surface area contributed by atoms with Gasteiger partial charge >= 0.3 is 6.18 Å². The smallest absolute Gasteiger partial charge is 0.316 e. The molecule has 23 heavy (non-hydrogen) atoms. The maximum Gasteiger partial charge on any atom is 0.407 e. The van der Waals surface area contributed by atoms with Gasteiger partial charge in [-0.3, -0.25) is 0 Å². The summed E-state index contributed by atoms with van der Waals surface area (Å²) >= 11 is 0. The van der Waals surface area contributed by atoms with Crippen molar-refractivity contribution in [3.05, 3.63) is 47.5 Å². The van der Waals surface area contributed by atoms with Crippen molar-refractivity contribution in [2.24, 2.45) is 5.73 Å². The fraction of sp³-hybridized carbons (Fsp3) is 0.474. The zero-order chi connectivity index (χ0) is 16.9. The second-order valence-corrected chi connectivity index (χ2v) is 6.08. The average molecular weight is 323 g/mol. The summed E-state index contributed by atoms with van der Waals surface area (Å²) in [5, 5.41) is 1.86. The fourth-order valence-electron chi connectivity index (χ4n) is 2.91. The van der Waals surface area contributed by atoms with Crippen molar-refractivity contribution in [1.29, 1.82) is 0 Å². The molecule has 0 heterocycles. The number of fused-ring (bicyclic) bond motifs is 1. The number of benzene rings is 2. The molecule has 0 spiro atoms. The Bertz CT molecular complexity index is 634. The quantitative estimate of drug-likeness (QED) is 0.629. The molecule has 0 saturated heterocycles. The van der Waals surface area contributed by atoms with Crippen molar-refractivity contribution in [1.82, 2.24) is 0 Å². The van der Waals surface area contributed by atoms with Crippen LogP contribution in [0.25, 0.3) is 10.8 Å². The first kappa shape index (κ1) is 17.8. The zero-order valence-corrected chi connectivity index (χ0v) is 13.5. The van der Waals surface area contributed by atoms with Gasteiger partial charge in [0, 0.05) is 0 Å². The Hall–Kier alpha value is -1.55. The predicted octanol–water partition coefficient (Wildman–Crippen LogP) is 5.91. The summed E-state index contributed by atoms with van der Waals surface area (Å²) in [7, 11) is 0. The standard InChI is InChI=1S/C19H24F3N/c1-2-3-4-5-6-9-14-12-16(18(23)19(20,21)22)13-15-10-7-8-11-17(14)15/h7-8,10-13,18H,2-6,9,23H2,1H3/t18-/m0/s1. The fourth-order valence-corrected chi connectivity index (χ4v) is 2.91. The lowest BCUT2D eigenvalue weighted by Gasteiger charge is -2.18. The molecule has 2 N–H and O–H groups in total. The predicted molar refractivity (Wildman–Crippen MR) is 89.4 cm³/mol. The molecule has 0 amide bonds. The molecule has 0 aliphatic carbocycles. The molecule has 1 atom stereocenters. The van der Waals surface area contributed by atoms with Gasteiger partial charge in [-0.15, -0.1) is 0 Å². The summed E-state index contributed by atoms with van der Waals surface area (Å²) in [5.41, 5.74) is 6.52. The molecule has 2 rings (SSSR count). The third-order valence-corrected chi connectivity index (χ3v) is 4.23. The minimum Gasteiger partial charge on any atom is -0.316 e. The molecule has 0 saturated carbocycles. The van der Waals surface area contributed by atoms with Gasteiger partial charge in [-0.05, 0) is 40.8 Å². The van der Waals surface area contributed by atoms with Crippen molar-refractivity contribution >= 4 is 10.8 Å². The average Bonchev–Trinajstić information content (AvgIpc) is 2.52. The van der Waals surface area contributed by atoms with Gasteiger partial charge in [-0.2, -0.15) is 13.2 Å². The molecule has 0 fully saturated rings. The van der Waals surface area contributed by atoms with Gasteiger partial charge in [-0.25, -0.2) is 0 Å². The zero-order valence-electron chi connectivity index (χ0n) is 13.5. The highest BCUT2D eigenvalue weighted by atomic mass is 19.4. The number of hydrogen-bond donors (Lipinski definition) is 1. The van der Waals surface area contributed by atoms with E-state index in [1.54, 1.807) is 12.1 Å². The molecule has 0 radical (unpaired) electrons. The highest BCUT2D eigenvalue weighted by molar-refractivity contribution is 5.86. The lowest BCUT2D eigenvalue weighted by molar-refractivity contribution is -0.149. The molecule has 1 nitrogen and oxygen atoms in total. The van der Waals surface area contributed by atoms with Crippen LogP contribution in [-0.2, 0) is 6.42 Å². The molecule has 0 bridgehead atoms. The van der Waals surface area contributed by atoms with Gasteiger partial charge in [0.05, 0.1) is 0 Å². The van der Waals surface area contributed by atoms with Crippen molar-refractivity contribution < 1.29 is 13.2 Å². The first-order chi connectivity index (χ1) is 10.9. The number of unbranched alkanes of at least 4 members (excludes halogenated alkanes) is 4. The molecule has 4 heteroatoms. The topological polar surface area (TPSA) is 26.0 Å². The van der Waals surface area contributed by atoms with Crippen LogP contribution in [0, 0.1) is 0 Å². The molecule has 2 aromatic rings. The second kappa shape index (κ2) is 7.82. The summed E-state index contributed by atoms with van der Waals surface area (Å²) in [6.45, 7) is 2.16. The summed E-state index contributed by atoms with van der Waals surface area (Å²) in [6.07, 6.45) is 2.05. The first-order valence-electron chi connectivity index (χ1n) is 8.27. The summed E-state index contributed by atoms with van der Waals surface area (Å²) < 4.78 is 38.8. The Morgan fingerprint density at radius 2 is 1.70 bits per heavy atom. The van der Waals surface area contributed by atoms with Crippen molar-refractivity contribution in [2.45, 2.75) is 57.7 Å². The largest absolute Gasteiger partial charge is 0.407 e. The number of hydrogen-bond acceptors (Lipinski definition) is 1. The van der Waals surface area contributed by atoms with Crippen LogP contribution in [0.3, 0.4) is 0 Å². The van der Waals surface area contributed by atoms with E-state index in [1.807, 2.05) is 24.3 Å². The Morgan fingerprint density at radius 3 is 2.39 bits per heavy atom. The van der Waals surface area contributed by atoms with Crippen LogP contribution in [0.1, 0.15) is 56.2 Å². The molecular weight excluding hydrogens is 299 g/mol. The SMILES string of the molecule is CCCCCCCc1cc([C@H](N)C(F)(F)F)cc2ccccc12. The molecule has 126 valence electrons. The van der Waals surface area contributed by atoms with E-state index >= 15 is 0 Å². The van der Waals surface area contributed by atoms with E-state index < -0.39 is 12.2 Å². The number of rotatable bonds is 7. The molecule has 0 aliphatic heterocycles. The second-order valence-electron chi connectivity index (χ2n) is 6.08. The number of alkyl halides is 3. The number of nitrogens with two attached hydrogens (primary N) is 1. The van der Waals surface area contributed by atoms with Crippen LogP contribution in [0.4, 0.5) is 13.2 Å². The van der Waals surface area contributed by atoms with Crippen LogP contribution in [0.2, 0.25) is 0 Å². The Morgan fingerprint density at radius 1 is 1.00 bits per heavy atom. The minimum atomic E-state index is -4.42. The van der Waals surface area contributed by atoms with E-state index in [9.17, 15) is 13.2 Å². The van der Waals surface area contributed by atoms with Gasteiger partial charge in [0.15, 0.2) is 0 Å². The summed E-state index contributed by atoms with van der Waals surface area (Å²) in [4.78, 5) is 0. The summed E-state index contributed by atoms with van der Waals surface area (Å²) in [6, 6.07) is 8.87. The van der Waals surface area contributed by atoms with Gasteiger partial charge in [0.25, 0.3) is 0 Å². The minimum absolute atomic E-state index is 0.153. The summed E-state index contributed by atoms with van der Waals surface area (Å²) in [5.74, 6) is 0. The normalized spacial score (nSPS) is 13.4. The number of aryl methyl sites for hydroxylation is 1. The van der Waals surface area contributed by atoms with Crippen molar-refractivity contribution in [2.75, 3.05) is 0 Å². The van der Waals surface area contributed by atoms with Gasteiger partial charge in [0.2, 0.25) is 0 Å². The molecule has 2 aromatic carbocycles. The van der Waals surface area contributed by atoms with Crippen LogP contribution < -0.4 is 5.73 Å². The highest BCUT2D eigenvalue weighted by Crippen LogP contribution is 2.33. The van der Waals surface area contributed by atoms with Crippen molar-refractivity contribution in [3.8, 4) is 0 Å². The van der Waals surface area contributed by atoms with E-state index in [-0.39, 0.29) is 5.56 Å². The van der Waals surface area contributed by atoms with E-state index in [0.29, 0.717) is 0 Å². The molecular formula is C19H24F3N. The van der Waals surface area contributed by atoms with E-state index in [0.717, 1.165) is 35.6 Å². The van der Waals surface area contributed by atoms with Crippen LogP contribution in [0.5, 0.6) is 0 Å². The maximum absolute atomic E-state index is 12.9. The lowest BCUT2D eigenvalue weighted by Crippen LogP contribution is -2.28. The van der Waals surface area contributed by atoms with Crippen molar-refractivity contribution in [3.63, 3.8) is 0 Å². The Kier molecular flexibility index (Phi) is 6.05. The molecule has 0 aromatic heterocycles. The van der Waals surface area contributed by atoms with Gasteiger partial charge in [-0.1, -0.05) is 62.9 Å². The van der Waals surface area contributed by atoms with Crippen LogP contribution in [-0.4, -0.2) is 6.18 Å². The van der Waals surface area contributed by atoms with Crippen LogP contribution >= 0.6 is 0 Å². The Balaban J connectivity index is 2.26. The first-order valence-corrected chi connectivity index (χ1v) is 8.27. The van der Waals surface area contributed by atoms with E-state index in [4.69, 9.17) is 5.73 Å². The molecule has 0 unspecified atom stereocenters. The van der Waals surface area contributed by atoms with E-state index in [2.05, 4.69) is 6.92 Å².